The summed E-state index contributed by atoms with van der Waals surface area (Å²) < 4.78 is 9.57. The zero-order valence-electron chi connectivity index (χ0n) is 12.0. The third-order valence-corrected chi connectivity index (χ3v) is 1.81. The highest BCUT2D eigenvalue weighted by molar-refractivity contribution is 6.08. The van der Waals surface area contributed by atoms with Crippen molar-refractivity contribution < 1.29 is 19.1 Å². The topological polar surface area (TPSA) is 104 Å². The summed E-state index contributed by atoms with van der Waals surface area (Å²) in [6.45, 7) is 7.43. The lowest BCUT2D eigenvalue weighted by Gasteiger charge is -2.26. The van der Waals surface area contributed by atoms with Crippen LogP contribution in [-0.2, 0) is 9.47 Å². The first kappa shape index (κ1) is 17.2. The van der Waals surface area contributed by atoms with Gasteiger partial charge in [0.2, 0.25) is 0 Å². The maximum Gasteiger partial charge on any atom is 0.335 e. The van der Waals surface area contributed by atoms with Crippen molar-refractivity contribution in [3.8, 4) is 0 Å². The van der Waals surface area contributed by atoms with Gasteiger partial charge in [-0.1, -0.05) is 0 Å². The standard InChI is InChI=1S/C11H22N4O4/c1-6-19-7-13-9(16)15(8(12)18-5)10(17)14-11(2,3)4/h12H,6-7H2,1-5H3,(H,13,16)(H,14,17). The molecule has 110 valence electrons. The van der Waals surface area contributed by atoms with Crippen LogP contribution in [0.4, 0.5) is 9.59 Å². The fraction of sp³-hybridized carbons (Fsp3) is 0.727. The van der Waals surface area contributed by atoms with Gasteiger partial charge < -0.3 is 20.1 Å². The molecule has 0 bridgehead atoms. The molecule has 0 saturated heterocycles. The van der Waals surface area contributed by atoms with Crippen molar-refractivity contribution in [3.63, 3.8) is 0 Å². The number of carbonyl (C=O) groups is 2. The van der Waals surface area contributed by atoms with Gasteiger partial charge in [-0.3, -0.25) is 5.41 Å². The summed E-state index contributed by atoms with van der Waals surface area (Å²) in [5.41, 5.74) is -0.538. The molecule has 0 saturated carbocycles. The van der Waals surface area contributed by atoms with E-state index in [2.05, 4.69) is 15.4 Å². The van der Waals surface area contributed by atoms with Gasteiger partial charge in [-0.25, -0.2) is 9.59 Å². The average molecular weight is 274 g/mol. The minimum atomic E-state index is -0.790. The van der Waals surface area contributed by atoms with Crippen LogP contribution in [0.2, 0.25) is 0 Å². The Kier molecular flexibility index (Phi) is 6.84. The van der Waals surface area contributed by atoms with E-state index in [-0.39, 0.29) is 6.73 Å². The molecule has 8 heteroatoms. The Balaban J connectivity index is 4.76. The van der Waals surface area contributed by atoms with Crippen LogP contribution in [-0.4, -0.2) is 49.0 Å². The summed E-state index contributed by atoms with van der Waals surface area (Å²) in [6.07, 6.45) is 0. The first-order valence-electron chi connectivity index (χ1n) is 5.83. The van der Waals surface area contributed by atoms with E-state index in [9.17, 15) is 9.59 Å². The highest BCUT2D eigenvalue weighted by atomic mass is 16.5. The first-order valence-corrected chi connectivity index (χ1v) is 5.83. The molecule has 0 fully saturated rings. The van der Waals surface area contributed by atoms with Crippen LogP contribution in [0, 0.1) is 5.41 Å². The molecule has 0 aromatic carbocycles. The monoisotopic (exact) mass is 274 g/mol. The minimum Gasteiger partial charge on any atom is -0.468 e. The maximum absolute atomic E-state index is 11.9. The van der Waals surface area contributed by atoms with E-state index in [1.165, 1.54) is 7.11 Å². The Morgan fingerprint density at radius 1 is 1.26 bits per heavy atom. The van der Waals surface area contributed by atoms with Gasteiger partial charge in [-0.05, 0) is 27.7 Å². The molecule has 0 aromatic heterocycles. The molecular weight excluding hydrogens is 252 g/mol. The Hall–Kier alpha value is -1.83. The third-order valence-electron chi connectivity index (χ3n) is 1.81. The van der Waals surface area contributed by atoms with Crippen molar-refractivity contribution in [2.75, 3.05) is 20.4 Å². The molecule has 0 heterocycles. The molecule has 3 N–H and O–H groups in total. The first-order chi connectivity index (χ1) is 8.72. The van der Waals surface area contributed by atoms with E-state index in [4.69, 9.17) is 10.1 Å². The Morgan fingerprint density at radius 2 is 1.84 bits per heavy atom. The van der Waals surface area contributed by atoms with Crippen molar-refractivity contribution in [2.45, 2.75) is 33.2 Å². The van der Waals surface area contributed by atoms with Gasteiger partial charge in [-0.15, -0.1) is 0 Å². The lowest BCUT2D eigenvalue weighted by molar-refractivity contribution is 0.126. The van der Waals surface area contributed by atoms with E-state index in [1.54, 1.807) is 27.7 Å². The number of carbonyl (C=O) groups excluding carboxylic acids is 2. The lowest BCUT2D eigenvalue weighted by Crippen LogP contribution is -2.55. The quantitative estimate of drug-likeness (QED) is 0.310. The summed E-state index contributed by atoms with van der Waals surface area (Å²) in [6, 6.07) is -2.11. The fourth-order valence-electron chi connectivity index (χ4n) is 1.04. The van der Waals surface area contributed by atoms with Crippen molar-refractivity contribution >= 4 is 18.1 Å². The summed E-state index contributed by atoms with van der Waals surface area (Å²) in [7, 11) is 1.20. The molecule has 0 aromatic rings. The Bertz CT molecular complexity index is 338. The Labute approximate surface area is 112 Å². The molecule has 0 atom stereocenters. The highest BCUT2D eigenvalue weighted by Crippen LogP contribution is 2.02. The summed E-state index contributed by atoms with van der Waals surface area (Å²) in [5.74, 6) is 0. The van der Waals surface area contributed by atoms with Gasteiger partial charge in [0.15, 0.2) is 0 Å². The number of amides is 4. The van der Waals surface area contributed by atoms with Crippen molar-refractivity contribution in [1.82, 2.24) is 15.5 Å². The molecule has 0 spiro atoms. The average Bonchev–Trinajstić information content (AvgIpc) is 2.26. The number of ether oxygens (including phenoxy) is 2. The van der Waals surface area contributed by atoms with E-state index < -0.39 is 23.6 Å². The number of nitrogens with zero attached hydrogens (tertiary/aromatic N) is 1. The summed E-state index contributed by atoms with van der Waals surface area (Å²) in [4.78, 5) is 24.3. The summed E-state index contributed by atoms with van der Waals surface area (Å²) >= 11 is 0. The summed E-state index contributed by atoms with van der Waals surface area (Å²) in [5, 5.41) is 12.4. The number of methoxy groups -OCH3 is 1. The predicted molar refractivity (Wildman–Crippen MR) is 69.9 cm³/mol. The normalized spacial score (nSPS) is 10.6. The maximum atomic E-state index is 11.9. The largest absolute Gasteiger partial charge is 0.468 e. The molecule has 0 aliphatic carbocycles. The number of imide groups is 1. The van der Waals surface area contributed by atoms with E-state index in [0.717, 1.165) is 0 Å². The second kappa shape index (κ2) is 7.57. The minimum absolute atomic E-state index is 0.0500. The molecule has 19 heavy (non-hydrogen) atoms. The van der Waals surface area contributed by atoms with Crippen LogP contribution in [0.3, 0.4) is 0 Å². The number of nitrogens with one attached hydrogen (secondary N) is 3. The van der Waals surface area contributed by atoms with Crippen molar-refractivity contribution in [3.05, 3.63) is 0 Å². The van der Waals surface area contributed by atoms with Crippen molar-refractivity contribution in [2.24, 2.45) is 0 Å². The Morgan fingerprint density at radius 3 is 2.26 bits per heavy atom. The van der Waals surface area contributed by atoms with Crippen LogP contribution in [0.25, 0.3) is 0 Å². The molecule has 8 nitrogen and oxygen atoms in total. The molecule has 0 radical (unpaired) electrons. The van der Waals surface area contributed by atoms with Crippen LogP contribution >= 0.6 is 0 Å². The molecule has 0 aliphatic heterocycles. The second-order valence-electron chi connectivity index (χ2n) is 4.64. The van der Waals surface area contributed by atoms with Gasteiger partial charge in [0, 0.05) is 12.1 Å². The molecule has 0 unspecified atom stereocenters. The number of rotatable bonds is 3. The van der Waals surface area contributed by atoms with E-state index in [1.807, 2.05) is 0 Å². The van der Waals surface area contributed by atoms with Crippen LogP contribution in [0.15, 0.2) is 0 Å². The molecule has 0 rings (SSSR count). The van der Waals surface area contributed by atoms with Gasteiger partial charge >= 0.3 is 18.1 Å². The predicted octanol–water partition coefficient (Wildman–Crippen LogP) is 1.08. The van der Waals surface area contributed by atoms with E-state index in [0.29, 0.717) is 11.5 Å². The fourth-order valence-corrected chi connectivity index (χ4v) is 1.04. The highest BCUT2D eigenvalue weighted by Gasteiger charge is 2.29. The number of hydrogen-bond acceptors (Lipinski definition) is 5. The molecule has 4 amide bonds. The van der Waals surface area contributed by atoms with Gasteiger partial charge in [0.25, 0.3) is 0 Å². The number of hydrogen-bond donors (Lipinski definition) is 3. The van der Waals surface area contributed by atoms with E-state index >= 15 is 0 Å². The number of urea groups is 2. The van der Waals surface area contributed by atoms with Gasteiger partial charge in [0.1, 0.15) is 6.73 Å². The van der Waals surface area contributed by atoms with Crippen LogP contribution in [0.1, 0.15) is 27.7 Å². The third kappa shape index (κ3) is 6.61. The SMILES string of the molecule is CCOCNC(=O)N(C(=N)OC)C(=O)NC(C)(C)C. The lowest BCUT2D eigenvalue weighted by atomic mass is 10.1. The molecular formula is C11H22N4O4. The smallest absolute Gasteiger partial charge is 0.335 e. The number of amidine groups is 1. The van der Waals surface area contributed by atoms with Crippen LogP contribution in [0.5, 0.6) is 0 Å². The molecule has 0 aliphatic rings. The van der Waals surface area contributed by atoms with Gasteiger partial charge in [-0.2, -0.15) is 4.90 Å². The van der Waals surface area contributed by atoms with Gasteiger partial charge in [0.05, 0.1) is 7.11 Å². The second-order valence-corrected chi connectivity index (χ2v) is 4.64. The zero-order valence-corrected chi connectivity index (χ0v) is 12.0. The zero-order chi connectivity index (χ0) is 15.1. The van der Waals surface area contributed by atoms with Crippen molar-refractivity contribution in [1.29, 1.82) is 5.41 Å². The van der Waals surface area contributed by atoms with Crippen LogP contribution < -0.4 is 10.6 Å².